The van der Waals surface area contributed by atoms with E-state index in [9.17, 15) is 30.6 Å². The van der Waals surface area contributed by atoms with Crippen LogP contribution in [0.2, 0.25) is 0 Å². The number of allylic oxidation sites excluding steroid dienone is 1. The third-order valence-corrected chi connectivity index (χ3v) is 5.92. The van der Waals surface area contributed by atoms with Crippen molar-refractivity contribution in [3.8, 4) is 0 Å². The molecule has 8 nitrogen and oxygen atoms in total. The van der Waals surface area contributed by atoms with E-state index in [0.29, 0.717) is 6.42 Å². The normalized spacial score (nSPS) is 46.5. The van der Waals surface area contributed by atoms with E-state index in [-0.39, 0.29) is 17.3 Å². The van der Waals surface area contributed by atoms with Crippen LogP contribution in [0.3, 0.4) is 0 Å². The average Bonchev–Trinajstić information content (AvgIpc) is 2.59. The first-order chi connectivity index (χ1) is 12.5. The highest BCUT2D eigenvalue weighted by molar-refractivity contribution is 5.06. The molecule has 2 fully saturated rings. The van der Waals surface area contributed by atoms with Gasteiger partial charge in [0.25, 0.3) is 0 Å². The molecule has 0 spiro atoms. The molecule has 0 bridgehead atoms. The zero-order valence-electron chi connectivity index (χ0n) is 16.3. The van der Waals surface area contributed by atoms with Gasteiger partial charge in [0.15, 0.2) is 6.29 Å². The number of aliphatic hydroxyl groups excluding tert-OH is 6. The lowest BCUT2D eigenvalue weighted by Crippen LogP contribution is -2.59. The lowest BCUT2D eigenvalue weighted by molar-refractivity contribution is -0.306. The summed E-state index contributed by atoms with van der Waals surface area (Å²) in [6, 6.07) is 0. The number of rotatable bonds is 5. The topological polar surface area (TPSA) is 140 Å². The van der Waals surface area contributed by atoms with Gasteiger partial charge in [0.05, 0.1) is 24.9 Å². The predicted octanol–water partition coefficient (Wildman–Crippen LogP) is -0.848. The summed E-state index contributed by atoms with van der Waals surface area (Å²) >= 11 is 0. The minimum absolute atomic E-state index is 0.0109. The van der Waals surface area contributed by atoms with Crippen molar-refractivity contribution >= 4 is 0 Å². The lowest BCUT2D eigenvalue weighted by Gasteiger charge is -2.46. The number of aliphatic hydroxyl groups is 6. The average molecular weight is 390 g/mol. The van der Waals surface area contributed by atoms with Crippen molar-refractivity contribution in [1.82, 2.24) is 0 Å². The maximum atomic E-state index is 10.2. The smallest absolute Gasteiger partial charge is 0.187 e. The van der Waals surface area contributed by atoms with E-state index < -0.39 is 55.6 Å². The molecule has 1 aliphatic heterocycles. The minimum Gasteiger partial charge on any atom is -0.394 e. The summed E-state index contributed by atoms with van der Waals surface area (Å²) in [5.74, 6) is -0.129. The Hall–Kier alpha value is -0.580. The van der Waals surface area contributed by atoms with Gasteiger partial charge in [-0.05, 0) is 30.6 Å². The van der Waals surface area contributed by atoms with Gasteiger partial charge in [0.1, 0.15) is 24.4 Å². The molecular weight excluding hydrogens is 356 g/mol. The molecule has 0 unspecified atom stereocenters. The van der Waals surface area contributed by atoms with Gasteiger partial charge in [-0.1, -0.05) is 32.9 Å². The van der Waals surface area contributed by atoms with Crippen LogP contribution in [-0.2, 0) is 9.47 Å². The van der Waals surface area contributed by atoms with Crippen molar-refractivity contribution in [2.24, 2.45) is 17.3 Å². The van der Waals surface area contributed by atoms with Crippen molar-refractivity contribution in [2.45, 2.75) is 83.1 Å². The first-order valence-electron chi connectivity index (χ1n) is 9.50. The van der Waals surface area contributed by atoms with Gasteiger partial charge >= 0.3 is 0 Å². The Morgan fingerprint density at radius 3 is 2.30 bits per heavy atom. The monoisotopic (exact) mass is 390 g/mol. The summed E-state index contributed by atoms with van der Waals surface area (Å²) in [5, 5.41) is 59.1. The van der Waals surface area contributed by atoms with Crippen molar-refractivity contribution in [3.05, 3.63) is 12.2 Å². The van der Waals surface area contributed by atoms with Crippen LogP contribution in [0.4, 0.5) is 0 Å². The maximum absolute atomic E-state index is 10.2. The van der Waals surface area contributed by atoms with Crippen LogP contribution < -0.4 is 0 Å². The quantitative estimate of drug-likeness (QED) is 0.334. The summed E-state index contributed by atoms with van der Waals surface area (Å²) in [7, 11) is 0. The molecule has 0 aromatic rings. The molecule has 1 aliphatic carbocycles. The largest absolute Gasteiger partial charge is 0.394 e. The van der Waals surface area contributed by atoms with E-state index in [2.05, 4.69) is 0 Å². The van der Waals surface area contributed by atoms with Gasteiger partial charge in [-0.3, -0.25) is 0 Å². The third kappa shape index (κ3) is 4.89. The summed E-state index contributed by atoms with van der Waals surface area (Å²) in [6.45, 7) is 7.20. The first-order valence-corrected chi connectivity index (χ1v) is 9.50. The van der Waals surface area contributed by atoms with Crippen LogP contribution in [0.1, 0.15) is 34.1 Å². The second-order valence-electron chi connectivity index (χ2n) is 8.56. The molecular formula is C19H34O8. The van der Waals surface area contributed by atoms with E-state index in [1.165, 1.54) is 0 Å². The lowest BCUT2D eigenvalue weighted by atomic mass is 9.62. The van der Waals surface area contributed by atoms with Crippen LogP contribution in [0.5, 0.6) is 0 Å². The van der Waals surface area contributed by atoms with E-state index in [1.54, 1.807) is 13.0 Å². The summed E-state index contributed by atoms with van der Waals surface area (Å²) in [5.41, 5.74) is -0.211. The molecule has 2 rings (SSSR count). The van der Waals surface area contributed by atoms with E-state index in [0.717, 1.165) is 0 Å². The summed E-state index contributed by atoms with van der Waals surface area (Å²) in [4.78, 5) is 0. The number of hydrogen-bond donors (Lipinski definition) is 6. The minimum atomic E-state index is -1.48. The molecule has 0 amide bonds. The molecule has 8 heteroatoms. The Labute approximate surface area is 160 Å². The SMILES string of the molecule is C[C@@H]1[C@H](O)[C@@H](O)CC(C)(C)[C@H]1/C=C/[C@@H](C)O[C@H]1O[C@@H](CO)[C@H](O)[C@@H](O)[C@@H]1O. The van der Waals surface area contributed by atoms with E-state index >= 15 is 0 Å². The molecule has 1 saturated carbocycles. The Morgan fingerprint density at radius 2 is 1.70 bits per heavy atom. The Balaban J connectivity index is 2.02. The molecule has 27 heavy (non-hydrogen) atoms. The van der Waals surface area contributed by atoms with Gasteiger partial charge < -0.3 is 40.1 Å². The van der Waals surface area contributed by atoms with Gasteiger partial charge in [-0.15, -0.1) is 0 Å². The molecule has 10 atom stereocenters. The number of hydrogen-bond acceptors (Lipinski definition) is 8. The van der Waals surface area contributed by atoms with Crippen LogP contribution in [-0.4, -0.2) is 86.3 Å². The fraction of sp³-hybridized carbons (Fsp3) is 0.895. The van der Waals surface area contributed by atoms with Crippen LogP contribution in [0, 0.1) is 17.3 Å². The summed E-state index contributed by atoms with van der Waals surface area (Å²) in [6.07, 6.45) is -4.38. The fourth-order valence-electron chi connectivity index (χ4n) is 4.22. The molecule has 1 heterocycles. The second-order valence-corrected chi connectivity index (χ2v) is 8.56. The molecule has 0 radical (unpaired) electrons. The van der Waals surface area contributed by atoms with Crippen molar-refractivity contribution in [1.29, 1.82) is 0 Å². The highest BCUT2D eigenvalue weighted by Gasteiger charge is 2.45. The third-order valence-electron chi connectivity index (χ3n) is 5.92. The van der Waals surface area contributed by atoms with Crippen molar-refractivity contribution in [2.75, 3.05) is 6.61 Å². The molecule has 1 saturated heterocycles. The zero-order chi connectivity index (χ0) is 20.5. The van der Waals surface area contributed by atoms with Crippen molar-refractivity contribution < 1.29 is 40.1 Å². The Kier molecular flexibility index (Phi) is 7.43. The van der Waals surface area contributed by atoms with Gasteiger partial charge in [0, 0.05) is 0 Å². The molecule has 0 aromatic carbocycles. The Bertz CT molecular complexity index is 508. The maximum Gasteiger partial charge on any atom is 0.187 e. The van der Waals surface area contributed by atoms with Gasteiger partial charge in [-0.25, -0.2) is 0 Å². The van der Waals surface area contributed by atoms with Gasteiger partial charge in [0.2, 0.25) is 0 Å². The highest BCUT2D eigenvalue weighted by atomic mass is 16.7. The second kappa shape index (κ2) is 8.84. The van der Waals surface area contributed by atoms with E-state index in [1.807, 2.05) is 26.8 Å². The molecule has 0 aromatic heterocycles. The summed E-state index contributed by atoms with van der Waals surface area (Å²) < 4.78 is 11.0. The zero-order valence-corrected chi connectivity index (χ0v) is 16.3. The van der Waals surface area contributed by atoms with Crippen LogP contribution in [0.15, 0.2) is 12.2 Å². The fourth-order valence-corrected chi connectivity index (χ4v) is 4.22. The molecule has 2 aliphatic rings. The molecule has 6 N–H and O–H groups in total. The highest BCUT2D eigenvalue weighted by Crippen LogP contribution is 2.45. The molecule has 158 valence electrons. The number of ether oxygens (including phenoxy) is 2. The van der Waals surface area contributed by atoms with E-state index in [4.69, 9.17) is 9.47 Å². The standard InChI is InChI=1S/C19H34O8/c1-9(26-18-17(25)16(24)15(23)13(8-20)27-18)5-6-11-10(2)14(22)12(21)7-19(11,3)4/h5-6,9-18,20-25H,7-8H2,1-4H3/b6-5+/t9-,10+,11+,12+,13+,14+,15+,16-,17+,18+/m1/s1. The first kappa shape index (κ1) is 22.7. The van der Waals surface area contributed by atoms with Crippen LogP contribution in [0.25, 0.3) is 0 Å². The van der Waals surface area contributed by atoms with Gasteiger partial charge in [-0.2, -0.15) is 0 Å². The Morgan fingerprint density at radius 1 is 1.07 bits per heavy atom. The van der Waals surface area contributed by atoms with Crippen molar-refractivity contribution in [3.63, 3.8) is 0 Å². The predicted molar refractivity (Wildman–Crippen MR) is 96.5 cm³/mol. The van der Waals surface area contributed by atoms with Crippen LogP contribution >= 0.6 is 0 Å².